The lowest BCUT2D eigenvalue weighted by Crippen LogP contribution is -2.13. The number of fused-ring (bicyclic) bond motifs is 1. The predicted molar refractivity (Wildman–Crippen MR) is 93.8 cm³/mol. The maximum absolute atomic E-state index is 4.62. The van der Waals surface area contributed by atoms with Crippen LogP contribution in [0, 0.1) is 5.92 Å². The van der Waals surface area contributed by atoms with Crippen LogP contribution >= 0.6 is 27.7 Å². The van der Waals surface area contributed by atoms with Gasteiger partial charge in [-0.15, -0.1) is 0 Å². The zero-order valence-corrected chi connectivity index (χ0v) is 14.0. The molecule has 0 saturated heterocycles. The lowest BCUT2D eigenvalue weighted by atomic mass is 10.1. The average molecular weight is 349 g/mol. The van der Waals surface area contributed by atoms with Crippen molar-refractivity contribution in [3.63, 3.8) is 0 Å². The van der Waals surface area contributed by atoms with Crippen LogP contribution in [0.25, 0.3) is 10.8 Å². The van der Waals surface area contributed by atoms with Crippen LogP contribution in [0.4, 0.5) is 5.69 Å². The SMILES string of the molecule is CC(C)C1CN=C(Nc2ccc(Br)c3ccccc23)S1. The molecule has 1 atom stereocenters. The standard InChI is InChI=1S/C16H17BrN2S/c1-10(2)15-9-18-16(20-15)19-14-8-7-13(17)11-5-3-4-6-12(11)14/h3-8,10,15H,9H2,1-2H3,(H,18,19). The van der Waals surface area contributed by atoms with E-state index in [9.17, 15) is 0 Å². The second-order valence-electron chi connectivity index (χ2n) is 5.31. The van der Waals surface area contributed by atoms with Crippen molar-refractivity contribution in [2.75, 3.05) is 11.9 Å². The van der Waals surface area contributed by atoms with E-state index >= 15 is 0 Å². The van der Waals surface area contributed by atoms with Gasteiger partial charge in [0.2, 0.25) is 0 Å². The minimum absolute atomic E-state index is 0.596. The van der Waals surface area contributed by atoms with Crippen molar-refractivity contribution in [2.24, 2.45) is 10.9 Å². The molecule has 2 aromatic rings. The first-order chi connectivity index (χ1) is 9.65. The van der Waals surface area contributed by atoms with E-state index in [0.717, 1.165) is 21.9 Å². The molecule has 4 heteroatoms. The van der Waals surface area contributed by atoms with E-state index < -0.39 is 0 Å². The van der Waals surface area contributed by atoms with E-state index in [1.807, 2.05) is 11.8 Å². The van der Waals surface area contributed by atoms with Crippen LogP contribution in [0.3, 0.4) is 0 Å². The van der Waals surface area contributed by atoms with Gasteiger partial charge in [-0.2, -0.15) is 0 Å². The number of amidine groups is 1. The maximum atomic E-state index is 4.62. The molecule has 0 amide bonds. The van der Waals surface area contributed by atoms with Gasteiger partial charge in [-0.25, -0.2) is 0 Å². The number of nitrogens with zero attached hydrogens (tertiary/aromatic N) is 1. The van der Waals surface area contributed by atoms with Gasteiger partial charge in [0.25, 0.3) is 0 Å². The summed E-state index contributed by atoms with van der Waals surface area (Å²) in [5, 5.41) is 7.57. The third-order valence-electron chi connectivity index (χ3n) is 3.53. The van der Waals surface area contributed by atoms with Crippen molar-refractivity contribution in [1.29, 1.82) is 0 Å². The van der Waals surface area contributed by atoms with Gasteiger partial charge in [0.1, 0.15) is 0 Å². The van der Waals surface area contributed by atoms with Crippen LogP contribution in [-0.4, -0.2) is 17.0 Å². The Labute approximate surface area is 132 Å². The van der Waals surface area contributed by atoms with Crippen LogP contribution in [0.2, 0.25) is 0 Å². The molecule has 1 aliphatic heterocycles. The highest BCUT2D eigenvalue weighted by atomic mass is 79.9. The Morgan fingerprint density at radius 3 is 2.65 bits per heavy atom. The fraction of sp³-hybridized carbons (Fsp3) is 0.312. The molecule has 0 fully saturated rings. The largest absolute Gasteiger partial charge is 0.334 e. The molecule has 3 rings (SSSR count). The molecule has 2 nitrogen and oxygen atoms in total. The van der Waals surface area contributed by atoms with Gasteiger partial charge in [0.15, 0.2) is 5.17 Å². The van der Waals surface area contributed by atoms with Crippen LogP contribution < -0.4 is 5.32 Å². The average Bonchev–Trinajstić information content (AvgIpc) is 2.91. The summed E-state index contributed by atoms with van der Waals surface area (Å²) in [6, 6.07) is 12.6. The Kier molecular flexibility index (Phi) is 4.03. The summed E-state index contributed by atoms with van der Waals surface area (Å²) in [5.74, 6) is 0.657. The Bertz CT molecular complexity index is 667. The maximum Gasteiger partial charge on any atom is 0.161 e. The van der Waals surface area contributed by atoms with E-state index in [0.29, 0.717) is 11.2 Å². The minimum Gasteiger partial charge on any atom is -0.334 e. The third kappa shape index (κ3) is 2.72. The monoisotopic (exact) mass is 348 g/mol. The molecule has 0 spiro atoms. The van der Waals surface area contributed by atoms with E-state index in [-0.39, 0.29) is 0 Å². The highest BCUT2D eigenvalue weighted by Gasteiger charge is 2.22. The summed E-state index contributed by atoms with van der Waals surface area (Å²) in [4.78, 5) is 4.62. The number of hydrogen-bond acceptors (Lipinski definition) is 3. The first kappa shape index (κ1) is 14.0. The molecule has 1 N–H and O–H groups in total. The Morgan fingerprint density at radius 2 is 1.95 bits per heavy atom. The van der Waals surface area contributed by atoms with Crippen LogP contribution in [0.5, 0.6) is 0 Å². The van der Waals surface area contributed by atoms with Gasteiger partial charge in [-0.3, -0.25) is 4.99 Å². The number of benzene rings is 2. The summed E-state index contributed by atoms with van der Waals surface area (Å²) < 4.78 is 1.12. The number of hydrogen-bond donors (Lipinski definition) is 1. The molecule has 20 heavy (non-hydrogen) atoms. The van der Waals surface area contributed by atoms with E-state index in [4.69, 9.17) is 0 Å². The summed E-state index contributed by atoms with van der Waals surface area (Å²) in [6.45, 7) is 5.43. The van der Waals surface area contributed by atoms with Crippen molar-refractivity contribution in [3.05, 3.63) is 40.9 Å². The zero-order chi connectivity index (χ0) is 14.1. The van der Waals surface area contributed by atoms with Gasteiger partial charge in [-0.1, -0.05) is 65.8 Å². The fourth-order valence-electron chi connectivity index (χ4n) is 2.29. The molecule has 1 heterocycles. The molecule has 2 aromatic carbocycles. The third-order valence-corrected chi connectivity index (χ3v) is 5.68. The van der Waals surface area contributed by atoms with Crippen molar-refractivity contribution in [1.82, 2.24) is 0 Å². The minimum atomic E-state index is 0.596. The van der Waals surface area contributed by atoms with Crippen LogP contribution in [0.15, 0.2) is 45.9 Å². The van der Waals surface area contributed by atoms with Gasteiger partial charge in [0, 0.05) is 20.8 Å². The summed E-state index contributed by atoms with van der Waals surface area (Å²) >= 11 is 5.46. The highest BCUT2D eigenvalue weighted by molar-refractivity contribution is 9.10. The molecule has 0 aromatic heterocycles. The quantitative estimate of drug-likeness (QED) is 0.812. The van der Waals surface area contributed by atoms with E-state index in [2.05, 4.69) is 76.5 Å². The van der Waals surface area contributed by atoms with Crippen molar-refractivity contribution in [3.8, 4) is 0 Å². The Morgan fingerprint density at radius 1 is 1.20 bits per heavy atom. The number of aliphatic imine (C=N–C) groups is 1. The molecule has 0 saturated carbocycles. The summed E-state index contributed by atoms with van der Waals surface area (Å²) in [5.41, 5.74) is 1.12. The van der Waals surface area contributed by atoms with Crippen molar-refractivity contribution >= 4 is 49.3 Å². The molecule has 1 unspecified atom stereocenters. The molecule has 0 radical (unpaired) electrons. The molecule has 1 aliphatic rings. The lowest BCUT2D eigenvalue weighted by Gasteiger charge is -2.13. The first-order valence-electron chi connectivity index (χ1n) is 6.80. The number of nitrogens with one attached hydrogen (secondary N) is 1. The van der Waals surface area contributed by atoms with Crippen LogP contribution in [0.1, 0.15) is 13.8 Å². The van der Waals surface area contributed by atoms with Gasteiger partial charge >= 0.3 is 0 Å². The van der Waals surface area contributed by atoms with Gasteiger partial charge < -0.3 is 5.32 Å². The fourth-order valence-corrected chi connectivity index (χ4v) is 3.80. The summed E-state index contributed by atoms with van der Waals surface area (Å²) in [6.07, 6.45) is 0. The second-order valence-corrected chi connectivity index (χ2v) is 7.39. The first-order valence-corrected chi connectivity index (χ1v) is 8.48. The Balaban J connectivity index is 1.88. The molecule has 0 aliphatic carbocycles. The molecular weight excluding hydrogens is 332 g/mol. The molecular formula is C16H17BrN2S. The number of anilines is 1. The van der Waals surface area contributed by atoms with Gasteiger partial charge in [0.05, 0.1) is 6.54 Å². The normalized spacial score (nSPS) is 18.6. The van der Waals surface area contributed by atoms with Crippen molar-refractivity contribution < 1.29 is 0 Å². The van der Waals surface area contributed by atoms with Crippen molar-refractivity contribution in [2.45, 2.75) is 19.1 Å². The number of rotatable bonds is 2. The summed E-state index contributed by atoms with van der Waals surface area (Å²) in [7, 11) is 0. The molecule has 104 valence electrons. The topological polar surface area (TPSA) is 24.4 Å². The second kappa shape index (κ2) is 5.78. The lowest BCUT2D eigenvalue weighted by molar-refractivity contribution is 0.621. The van der Waals surface area contributed by atoms with E-state index in [1.54, 1.807) is 0 Å². The number of thioether (sulfide) groups is 1. The predicted octanol–water partition coefficient (Wildman–Crippen LogP) is 5.14. The zero-order valence-electron chi connectivity index (χ0n) is 11.6. The number of halogens is 1. The molecule has 0 bridgehead atoms. The highest BCUT2D eigenvalue weighted by Crippen LogP contribution is 2.33. The van der Waals surface area contributed by atoms with E-state index in [1.165, 1.54) is 10.8 Å². The van der Waals surface area contributed by atoms with Gasteiger partial charge in [-0.05, 0) is 23.4 Å². The smallest absolute Gasteiger partial charge is 0.161 e. The Hall–Kier alpha value is -1.00. The van der Waals surface area contributed by atoms with Crippen LogP contribution in [-0.2, 0) is 0 Å².